The van der Waals surface area contributed by atoms with Crippen LogP contribution in [0.15, 0.2) is 24.5 Å². The molecule has 0 saturated heterocycles. The monoisotopic (exact) mass is 195 g/mol. The summed E-state index contributed by atoms with van der Waals surface area (Å²) < 4.78 is 2.23. The molecular weight excluding hydrogens is 186 g/mol. The molecule has 0 fully saturated rings. The van der Waals surface area contributed by atoms with E-state index in [2.05, 4.69) is 5.10 Å². The van der Waals surface area contributed by atoms with E-state index in [0.717, 1.165) is 10.1 Å². The largest absolute Gasteiger partial charge is 0.523 e. The summed E-state index contributed by atoms with van der Waals surface area (Å²) in [7, 11) is 0. The number of H-pyrrole nitrogens is 1. The zero-order valence-corrected chi connectivity index (χ0v) is 7.21. The standard InChI is InChI=1S/C8H7N3O3/c12-7(13)5-10-8-6(4-9-10)2-1-3-11(8)14/h1-4H,5H2,(H-,12,13,14)/p+2. The third-order valence-electron chi connectivity index (χ3n) is 1.90. The van der Waals surface area contributed by atoms with E-state index in [9.17, 15) is 10.0 Å². The first-order valence-corrected chi connectivity index (χ1v) is 4.01. The van der Waals surface area contributed by atoms with Crippen LogP contribution >= 0.6 is 0 Å². The van der Waals surface area contributed by atoms with E-state index in [-0.39, 0.29) is 6.54 Å². The fourth-order valence-corrected chi connectivity index (χ4v) is 1.36. The second-order valence-electron chi connectivity index (χ2n) is 2.89. The van der Waals surface area contributed by atoms with Crippen molar-refractivity contribution in [3.63, 3.8) is 0 Å². The molecule has 0 bridgehead atoms. The van der Waals surface area contributed by atoms with Gasteiger partial charge < -0.3 is 5.11 Å². The summed E-state index contributed by atoms with van der Waals surface area (Å²) in [6.45, 7) is -0.214. The molecule has 0 unspecified atom stereocenters. The lowest BCUT2D eigenvalue weighted by molar-refractivity contribution is -0.926. The Morgan fingerprint density at radius 2 is 2.36 bits per heavy atom. The molecule has 0 aliphatic carbocycles. The Labute approximate surface area is 78.6 Å². The lowest BCUT2D eigenvalue weighted by atomic mass is 10.4. The van der Waals surface area contributed by atoms with Crippen LogP contribution in [0.5, 0.6) is 0 Å². The minimum atomic E-state index is -0.970. The third kappa shape index (κ3) is 1.26. The first kappa shape index (κ1) is 8.49. The van der Waals surface area contributed by atoms with Crippen LogP contribution in [0.1, 0.15) is 0 Å². The molecule has 0 amide bonds. The van der Waals surface area contributed by atoms with Crippen molar-refractivity contribution in [2.45, 2.75) is 6.54 Å². The minimum Gasteiger partial charge on any atom is -0.476 e. The molecule has 0 saturated carbocycles. The molecular formula is C8H9N3O3+2. The number of rotatable bonds is 2. The van der Waals surface area contributed by atoms with Crippen LogP contribution in [0.3, 0.4) is 0 Å². The van der Waals surface area contributed by atoms with Gasteiger partial charge in [-0.05, 0) is 10.7 Å². The Bertz CT molecular complexity index is 492. The van der Waals surface area contributed by atoms with Gasteiger partial charge in [0.1, 0.15) is 5.39 Å². The summed E-state index contributed by atoms with van der Waals surface area (Å²) in [5.41, 5.74) is 0.426. The van der Waals surface area contributed by atoms with Gasteiger partial charge in [-0.3, -0.25) is 5.21 Å². The van der Waals surface area contributed by atoms with Crippen molar-refractivity contribution in [2.75, 3.05) is 0 Å². The highest BCUT2D eigenvalue weighted by Crippen LogP contribution is 2.01. The van der Waals surface area contributed by atoms with Crippen LogP contribution in [0, 0.1) is 0 Å². The second kappa shape index (κ2) is 2.99. The van der Waals surface area contributed by atoms with Gasteiger partial charge >= 0.3 is 11.6 Å². The molecule has 72 valence electrons. The SMILES string of the molecule is O=C(O)C[n+]1[nH]cc2ccc[n+](O)c21. The topological polar surface area (TPSA) is 81.1 Å². The highest BCUT2D eigenvalue weighted by atomic mass is 16.5. The number of nitrogens with zero attached hydrogens (tertiary/aromatic N) is 2. The highest BCUT2D eigenvalue weighted by molar-refractivity contribution is 5.69. The smallest absolute Gasteiger partial charge is 0.476 e. The van der Waals surface area contributed by atoms with Gasteiger partial charge in [0.25, 0.3) is 6.54 Å². The van der Waals surface area contributed by atoms with Crippen molar-refractivity contribution in [1.29, 1.82) is 0 Å². The summed E-state index contributed by atoms with van der Waals surface area (Å²) in [6.07, 6.45) is 3.07. The maximum absolute atomic E-state index is 10.5. The lowest BCUT2D eigenvalue weighted by Crippen LogP contribution is -2.48. The van der Waals surface area contributed by atoms with Gasteiger partial charge in [0.05, 0.1) is 10.9 Å². The van der Waals surface area contributed by atoms with Gasteiger partial charge in [-0.2, -0.15) is 5.10 Å². The van der Waals surface area contributed by atoms with Gasteiger partial charge in [0.2, 0.25) is 6.20 Å². The van der Waals surface area contributed by atoms with Gasteiger partial charge in [-0.1, -0.05) is 0 Å². The molecule has 3 N–H and O–H groups in total. The Balaban J connectivity index is 2.61. The number of hydrogen-bond donors (Lipinski definition) is 3. The van der Waals surface area contributed by atoms with E-state index in [1.807, 2.05) is 0 Å². The predicted octanol–water partition coefficient (Wildman–Crippen LogP) is -0.935. The number of carboxylic acid groups (broad SMARTS) is 1. The van der Waals surface area contributed by atoms with E-state index in [1.165, 1.54) is 10.9 Å². The summed E-state index contributed by atoms with van der Waals surface area (Å²) >= 11 is 0. The number of aromatic amines is 1. The van der Waals surface area contributed by atoms with Crippen molar-refractivity contribution in [3.05, 3.63) is 24.5 Å². The molecule has 0 atom stereocenters. The average Bonchev–Trinajstić information content (AvgIpc) is 2.49. The molecule has 6 heteroatoms. The molecule has 2 rings (SSSR count). The summed E-state index contributed by atoms with van der Waals surface area (Å²) in [5.74, 6) is -0.970. The molecule has 2 aromatic rings. The van der Waals surface area contributed by atoms with Gasteiger partial charge in [-0.15, -0.1) is 0 Å². The normalized spacial score (nSPS) is 10.6. The molecule has 14 heavy (non-hydrogen) atoms. The lowest BCUT2D eigenvalue weighted by Gasteiger charge is -1.85. The maximum Gasteiger partial charge on any atom is 0.523 e. The van der Waals surface area contributed by atoms with Crippen molar-refractivity contribution in [1.82, 2.24) is 5.10 Å². The number of aromatic nitrogens is 3. The number of carboxylic acids is 1. The molecule has 0 spiro atoms. The van der Waals surface area contributed by atoms with E-state index in [1.54, 1.807) is 18.3 Å². The summed E-state index contributed by atoms with van der Waals surface area (Å²) in [4.78, 5) is 10.5. The molecule has 2 heterocycles. The predicted molar refractivity (Wildman–Crippen MR) is 43.5 cm³/mol. The van der Waals surface area contributed by atoms with Crippen LogP contribution in [-0.4, -0.2) is 21.4 Å². The first-order valence-electron chi connectivity index (χ1n) is 4.01. The number of pyridine rings is 1. The quantitative estimate of drug-likeness (QED) is 0.427. The van der Waals surface area contributed by atoms with Crippen molar-refractivity contribution in [2.24, 2.45) is 0 Å². The summed E-state index contributed by atoms with van der Waals surface area (Å²) in [5, 5.41) is 21.5. The Morgan fingerprint density at radius 3 is 3.07 bits per heavy atom. The number of nitrogens with one attached hydrogen (secondary N) is 1. The van der Waals surface area contributed by atoms with Crippen LogP contribution < -0.4 is 9.41 Å². The van der Waals surface area contributed by atoms with E-state index >= 15 is 0 Å². The van der Waals surface area contributed by atoms with Crippen LogP contribution in [0.2, 0.25) is 0 Å². The molecule has 0 aliphatic heterocycles. The Kier molecular flexibility index (Phi) is 1.81. The first-order chi connectivity index (χ1) is 6.68. The summed E-state index contributed by atoms with van der Waals surface area (Å²) in [6, 6.07) is 3.44. The highest BCUT2D eigenvalue weighted by Gasteiger charge is 2.25. The zero-order chi connectivity index (χ0) is 10.1. The maximum atomic E-state index is 10.5. The van der Waals surface area contributed by atoms with Crippen LogP contribution in [0.25, 0.3) is 11.0 Å². The molecule has 0 radical (unpaired) electrons. The molecule has 6 nitrogen and oxygen atoms in total. The second-order valence-corrected chi connectivity index (χ2v) is 2.89. The fourth-order valence-electron chi connectivity index (χ4n) is 1.36. The molecule has 0 aromatic carbocycles. The van der Waals surface area contributed by atoms with E-state index in [0.29, 0.717) is 5.65 Å². The molecule has 0 aliphatic rings. The Hall–Kier alpha value is -2.11. The number of carbonyl (C=O) groups is 1. The number of hydrogen-bond acceptors (Lipinski definition) is 2. The third-order valence-corrected chi connectivity index (χ3v) is 1.90. The van der Waals surface area contributed by atoms with Gasteiger partial charge in [0, 0.05) is 6.07 Å². The van der Waals surface area contributed by atoms with E-state index in [4.69, 9.17) is 5.11 Å². The van der Waals surface area contributed by atoms with Crippen LogP contribution in [0.4, 0.5) is 0 Å². The minimum absolute atomic E-state index is 0.214. The molecule has 2 aromatic heterocycles. The van der Waals surface area contributed by atoms with Gasteiger partial charge in [0.15, 0.2) is 0 Å². The number of fused-ring (bicyclic) bond motifs is 1. The average molecular weight is 195 g/mol. The van der Waals surface area contributed by atoms with Crippen LogP contribution in [-0.2, 0) is 11.3 Å². The zero-order valence-electron chi connectivity index (χ0n) is 7.21. The van der Waals surface area contributed by atoms with Gasteiger partial charge in [-0.25, -0.2) is 4.79 Å². The van der Waals surface area contributed by atoms with E-state index < -0.39 is 5.97 Å². The van der Waals surface area contributed by atoms with Crippen molar-refractivity contribution >= 4 is 17.0 Å². The number of aliphatic carboxylic acids is 1. The van der Waals surface area contributed by atoms with Crippen molar-refractivity contribution in [3.8, 4) is 0 Å². The van der Waals surface area contributed by atoms with Crippen molar-refractivity contribution < 1.29 is 24.5 Å². The Morgan fingerprint density at radius 1 is 1.57 bits per heavy atom. The fraction of sp³-hybridized carbons (Fsp3) is 0.125.